The lowest BCUT2D eigenvalue weighted by Crippen LogP contribution is -2.62. The summed E-state index contributed by atoms with van der Waals surface area (Å²) in [6.07, 6.45) is 4.49. The van der Waals surface area contributed by atoms with Gasteiger partial charge in [-0.15, -0.1) is 0 Å². The first-order valence-corrected chi connectivity index (χ1v) is 14.3. The van der Waals surface area contributed by atoms with Crippen LogP contribution in [0.5, 0.6) is 11.5 Å². The van der Waals surface area contributed by atoms with Crippen molar-refractivity contribution in [3.63, 3.8) is 0 Å². The van der Waals surface area contributed by atoms with Crippen molar-refractivity contribution in [2.45, 2.75) is 64.5 Å². The second-order valence-electron chi connectivity index (χ2n) is 12.2. The van der Waals surface area contributed by atoms with E-state index in [9.17, 15) is 4.79 Å². The molecule has 3 N–H and O–H groups in total. The summed E-state index contributed by atoms with van der Waals surface area (Å²) in [4.78, 5) is 28.8. The molecule has 5 rings (SSSR count). The lowest BCUT2D eigenvalue weighted by Gasteiger charge is -2.55. The maximum absolute atomic E-state index is 12.8. The van der Waals surface area contributed by atoms with E-state index < -0.39 is 0 Å². The fraction of sp³-hybridized carbons (Fsp3) is 0.333. The van der Waals surface area contributed by atoms with Crippen LogP contribution in [0.2, 0.25) is 0 Å². The van der Waals surface area contributed by atoms with E-state index in [0.717, 1.165) is 41.0 Å². The number of aryl methyl sites for hydroxylation is 1. The lowest BCUT2D eigenvalue weighted by atomic mass is 9.72. The quantitative estimate of drug-likeness (QED) is 0.143. The number of benzene rings is 2. The normalized spacial score (nSPS) is 16.0. The fourth-order valence-electron chi connectivity index (χ4n) is 6.44. The first kappa shape index (κ1) is 29.6. The standard InChI is InChI=1S/C33H38N8O2/c1-8-29(42)41-32(3,4)17-21(18-33(41,5)6)24-12-13-26-30(39-24)31(37-19-36-26)38-22-9-14-28(20(2)15-22)43-23-10-11-25(35-7)27(16-23)40-34/h8-16,19,21,34-35H,1,17-18H2,2-7H3,(H,36,37,38). The van der Waals surface area contributed by atoms with Gasteiger partial charge in [0.1, 0.15) is 29.0 Å². The summed E-state index contributed by atoms with van der Waals surface area (Å²) in [6, 6.07) is 15.2. The van der Waals surface area contributed by atoms with Crippen LogP contribution in [0.4, 0.5) is 22.9 Å². The summed E-state index contributed by atoms with van der Waals surface area (Å²) < 4.78 is 6.11. The van der Waals surface area contributed by atoms with Crippen LogP contribution in [0, 0.1) is 12.5 Å². The van der Waals surface area contributed by atoms with Gasteiger partial charge in [0.2, 0.25) is 5.91 Å². The van der Waals surface area contributed by atoms with Gasteiger partial charge in [0.25, 0.3) is 0 Å². The van der Waals surface area contributed by atoms with Gasteiger partial charge in [-0.1, -0.05) is 6.58 Å². The second-order valence-corrected chi connectivity index (χ2v) is 12.2. The maximum Gasteiger partial charge on any atom is 0.246 e. The molecule has 0 aliphatic carbocycles. The average Bonchev–Trinajstić information content (AvgIpc) is 2.97. The highest BCUT2D eigenvalue weighted by Crippen LogP contribution is 2.45. The summed E-state index contributed by atoms with van der Waals surface area (Å²) in [5, 5.41) is 10.0. The minimum atomic E-state index is -0.365. The monoisotopic (exact) mass is 578 g/mol. The van der Waals surface area contributed by atoms with E-state index >= 15 is 0 Å². The molecule has 2 aromatic heterocycles. The summed E-state index contributed by atoms with van der Waals surface area (Å²) in [6.45, 7) is 14.1. The molecule has 1 fully saturated rings. The number of fused-ring (bicyclic) bond motifs is 1. The summed E-state index contributed by atoms with van der Waals surface area (Å²) >= 11 is 0. The van der Waals surface area contributed by atoms with Crippen molar-refractivity contribution in [2.24, 2.45) is 5.11 Å². The van der Waals surface area contributed by atoms with Gasteiger partial charge in [-0.2, -0.15) is 5.11 Å². The zero-order chi connectivity index (χ0) is 30.9. The second kappa shape index (κ2) is 11.4. The Balaban J connectivity index is 1.40. The van der Waals surface area contributed by atoms with Crippen molar-refractivity contribution in [2.75, 3.05) is 17.7 Å². The molecule has 1 aliphatic heterocycles. The van der Waals surface area contributed by atoms with Crippen LogP contribution in [0.25, 0.3) is 11.0 Å². The summed E-state index contributed by atoms with van der Waals surface area (Å²) in [5.74, 6) is 2.01. The number of hydrogen-bond donors (Lipinski definition) is 3. The molecule has 1 saturated heterocycles. The molecule has 222 valence electrons. The Bertz CT molecular complexity index is 1700. The zero-order valence-electron chi connectivity index (χ0n) is 25.5. The minimum absolute atomic E-state index is 0.0497. The van der Waals surface area contributed by atoms with E-state index in [1.807, 2.05) is 54.3 Å². The fourth-order valence-corrected chi connectivity index (χ4v) is 6.44. The van der Waals surface area contributed by atoms with Crippen LogP contribution < -0.4 is 15.4 Å². The number of piperidine rings is 1. The number of amides is 1. The third-order valence-corrected chi connectivity index (χ3v) is 8.04. The highest BCUT2D eigenvalue weighted by atomic mass is 16.5. The van der Waals surface area contributed by atoms with Gasteiger partial charge in [0.05, 0.1) is 11.2 Å². The Hall–Kier alpha value is -4.86. The van der Waals surface area contributed by atoms with Crippen molar-refractivity contribution in [1.82, 2.24) is 19.9 Å². The molecule has 0 radical (unpaired) electrons. The number of hydrogen-bond acceptors (Lipinski definition) is 9. The molecule has 2 aromatic carbocycles. The SMILES string of the molecule is C=CC(=O)N1C(C)(C)CC(c2ccc3ncnc(Nc4ccc(Oc5ccc(NC)c(N=N)c5)c(C)c4)c3n2)CC1(C)C. The summed E-state index contributed by atoms with van der Waals surface area (Å²) in [7, 11) is 1.79. The first-order valence-electron chi connectivity index (χ1n) is 14.3. The van der Waals surface area contributed by atoms with Gasteiger partial charge in [0, 0.05) is 41.5 Å². The van der Waals surface area contributed by atoms with Crippen LogP contribution in [-0.4, -0.2) is 43.9 Å². The van der Waals surface area contributed by atoms with E-state index in [-0.39, 0.29) is 22.9 Å². The van der Waals surface area contributed by atoms with E-state index in [0.29, 0.717) is 28.5 Å². The van der Waals surface area contributed by atoms with Crippen molar-refractivity contribution >= 4 is 39.8 Å². The zero-order valence-corrected chi connectivity index (χ0v) is 25.5. The molecule has 1 aliphatic rings. The number of carbonyl (C=O) groups is 1. The van der Waals surface area contributed by atoms with Crippen molar-refractivity contribution in [3.05, 3.63) is 78.8 Å². The predicted octanol–water partition coefficient (Wildman–Crippen LogP) is 8.02. The van der Waals surface area contributed by atoms with Gasteiger partial charge < -0.3 is 20.3 Å². The smallest absolute Gasteiger partial charge is 0.246 e. The molecule has 0 spiro atoms. The molecule has 43 heavy (non-hydrogen) atoms. The van der Waals surface area contributed by atoms with Crippen LogP contribution in [-0.2, 0) is 4.79 Å². The number of pyridine rings is 1. The van der Waals surface area contributed by atoms with Gasteiger partial charge in [0.15, 0.2) is 5.82 Å². The number of carbonyl (C=O) groups excluding carboxylic acids is 1. The number of aromatic nitrogens is 3. The minimum Gasteiger partial charge on any atom is -0.457 e. The van der Waals surface area contributed by atoms with Crippen molar-refractivity contribution in [3.8, 4) is 11.5 Å². The average molecular weight is 579 g/mol. The Kier molecular flexibility index (Phi) is 7.88. The number of nitrogens with zero attached hydrogens (tertiary/aromatic N) is 5. The third kappa shape index (κ3) is 5.90. The molecule has 0 atom stereocenters. The van der Waals surface area contributed by atoms with Crippen LogP contribution in [0.1, 0.15) is 57.7 Å². The Labute approximate surface area is 252 Å². The number of nitrogens with one attached hydrogen (secondary N) is 3. The van der Waals surface area contributed by atoms with Crippen LogP contribution in [0.3, 0.4) is 0 Å². The number of rotatable bonds is 8. The topological polar surface area (TPSA) is 128 Å². The van der Waals surface area contributed by atoms with Crippen LogP contribution in [0.15, 0.2) is 72.6 Å². The highest BCUT2D eigenvalue weighted by molar-refractivity contribution is 5.89. The molecule has 0 saturated carbocycles. The molecule has 4 aromatic rings. The van der Waals surface area contributed by atoms with E-state index in [1.54, 1.807) is 13.1 Å². The van der Waals surface area contributed by atoms with Crippen LogP contribution >= 0.6 is 0 Å². The lowest BCUT2D eigenvalue weighted by molar-refractivity contribution is -0.144. The van der Waals surface area contributed by atoms with Gasteiger partial charge in [-0.3, -0.25) is 4.79 Å². The Morgan fingerprint density at radius 2 is 1.84 bits per heavy atom. The summed E-state index contributed by atoms with van der Waals surface area (Å²) in [5.41, 5.74) is 12.1. The van der Waals surface area contributed by atoms with E-state index in [4.69, 9.17) is 15.3 Å². The number of anilines is 3. The molecule has 1 amide bonds. The molecule has 3 heterocycles. The van der Waals surface area contributed by atoms with Gasteiger partial charge >= 0.3 is 0 Å². The molecular formula is C33H38N8O2. The predicted molar refractivity (Wildman–Crippen MR) is 170 cm³/mol. The molecule has 10 nitrogen and oxygen atoms in total. The van der Waals surface area contributed by atoms with Crippen molar-refractivity contribution < 1.29 is 9.53 Å². The largest absolute Gasteiger partial charge is 0.457 e. The van der Waals surface area contributed by atoms with Gasteiger partial charge in [-0.25, -0.2) is 20.5 Å². The van der Waals surface area contributed by atoms with Gasteiger partial charge in [-0.05, 0) is 102 Å². The number of ether oxygens (including phenoxy) is 1. The number of likely N-dealkylation sites (tertiary alicyclic amines) is 1. The highest BCUT2D eigenvalue weighted by Gasteiger charge is 2.47. The molecule has 0 unspecified atom stereocenters. The molecule has 0 bridgehead atoms. The van der Waals surface area contributed by atoms with Crippen molar-refractivity contribution in [1.29, 1.82) is 5.53 Å². The van der Waals surface area contributed by atoms with E-state index in [2.05, 4.69) is 60.0 Å². The maximum atomic E-state index is 12.8. The Morgan fingerprint density at radius 3 is 2.49 bits per heavy atom. The third-order valence-electron chi connectivity index (χ3n) is 8.04. The van der Waals surface area contributed by atoms with E-state index in [1.165, 1.54) is 12.4 Å². The molecular weight excluding hydrogens is 540 g/mol. The molecule has 10 heteroatoms. The Morgan fingerprint density at radius 1 is 1.09 bits per heavy atom. The first-order chi connectivity index (χ1) is 20.5.